The lowest BCUT2D eigenvalue weighted by Crippen LogP contribution is -2.22. The number of carbonyl (C=O) groups is 1. The van der Waals surface area contributed by atoms with Crippen LogP contribution in [0.15, 0.2) is 48.4 Å². The molecule has 3 rings (SSSR count). The van der Waals surface area contributed by atoms with Crippen molar-refractivity contribution in [3.05, 3.63) is 59.6 Å². The summed E-state index contributed by atoms with van der Waals surface area (Å²) in [6.45, 7) is 4.22. The second-order valence-electron chi connectivity index (χ2n) is 5.05. The molecule has 1 amide bonds. The average Bonchev–Trinajstić information content (AvgIpc) is 3.14. The van der Waals surface area contributed by atoms with Gasteiger partial charge in [0, 0.05) is 24.7 Å². The van der Waals surface area contributed by atoms with E-state index in [0.717, 1.165) is 16.9 Å². The summed E-state index contributed by atoms with van der Waals surface area (Å²) in [5, 5.41) is 2.66. The Hall–Kier alpha value is -2.47. The third kappa shape index (κ3) is 3.07. The second-order valence-corrected chi connectivity index (χ2v) is 5.88. The average molecular weight is 312 g/mol. The van der Waals surface area contributed by atoms with Gasteiger partial charge in [0.15, 0.2) is 5.13 Å². The number of aryl methyl sites for hydroxylation is 1. The number of imidazole rings is 1. The first-order valence-electron chi connectivity index (χ1n) is 6.91. The van der Waals surface area contributed by atoms with E-state index in [-0.39, 0.29) is 5.91 Å². The number of anilines is 2. The van der Waals surface area contributed by atoms with Crippen molar-refractivity contribution in [2.24, 2.45) is 0 Å². The molecule has 0 aliphatic heterocycles. The maximum atomic E-state index is 12.0. The van der Waals surface area contributed by atoms with E-state index in [1.807, 2.05) is 47.3 Å². The van der Waals surface area contributed by atoms with Crippen molar-refractivity contribution in [3.63, 3.8) is 0 Å². The molecule has 6 heteroatoms. The quantitative estimate of drug-likeness (QED) is 0.742. The Morgan fingerprint density at radius 3 is 2.73 bits per heavy atom. The molecule has 0 aliphatic rings. The number of aromatic nitrogens is 3. The highest BCUT2D eigenvalue weighted by molar-refractivity contribution is 7.14. The van der Waals surface area contributed by atoms with Crippen LogP contribution < -0.4 is 4.90 Å². The van der Waals surface area contributed by atoms with Gasteiger partial charge >= 0.3 is 0 Å². The Bertz CT molecular complexity index is 762. The van der Waals surface area contributed by atoms with Crippen LogP contribution in [-0.4, -0.2) is 20.4 Å². The van der Waals surface area contributed by atoms with Crippen molar-refractivity contribution >= 4 is 28.1 Å². The van der Waals surface area contributed by atoms with Crippen LogP contribution in [0.2, 0.25) is 0 Å². The fourth-order valence-corrected chi connectivity index (χ4v) is 3.04. The Morgan fingerprint density at radius 1 is 1.32 bits per heavy atom. The molecule has 3 aromatic rings. The molecular weight excluding hydrogens is 296 g/mol. The second kappa shape index (κ2) is 6.11. The molecule has 0 radical (unpaired) electrons. The number of thiazole rings is 1. The largest absolute Gasteiger partial charge is 0.331 e. The third-order valence-corrected chi connectivity index (χ3v) is 4.12. The maximum Gasteiger partial charge on any atom is 0.230 e. The van der Waals surface area contributed by atoms with Gasteiger partial charge in [0.2, 0.25) is 5.91 Å². The highest BCUT2D eigenvalue weighted by Gasteiger charge is 2.17. The van der Waals surface area contributed by atoms with Gasteiger partial charge in [-0.3, -0.25) is 9.69 Å². The van der Waals surface area contributed by atoms with Gasteiger partial charge in [0.25, 0.3) is 0 Å². The van der Waals surface area contributed by atoms with Crippen LogP contribution in [0.3, 0.4) is 0 Å². The molecule has 1 aromatic carbocycles. The summed E-state index contributed by atoms with van der Waals surface area (Å²) in [5.74, 6) is -0.0487. The van der Waals surface area contributed by atoms with Crippen LogP contribution in [0.25, 0.3) is 0 Å². The normalized spacial score (nSPS) is 10.6. The molecular formula is C16H16N4OS. The molecule has 0 unspecified atom stereocenters. The molecule has 5 nitrogen and oxygen atoms in total. The van der Waals surface area contributed by atoms with Crippen molar-refractivity contribution in [2.45, 2.75) is 20.4 Å². The van der Waals surface area contributed by atoms with E-state index in [1.54, 1.807) is 24.3 Å². The van der Waals surface area contributed by atoms with Crippen molar-refractivity contribution in [1.82, 2.24) is 14.5 Å². The maximum absolute atomic E-state index is 12.0. The zero-order valence-corrected chi connectivity index (χ0v) is 13.2. The van der Waals surface area contributed by atoms with E-state index in [2.05, 4.69) is 9.97 Å². The minimum atomic E-state index is -0.0487. The summed E-state index contributed by atoms with van der Waals surface area (Å²) in [4.78, 5) is 22.3. The number of benzene rings is 1. The fourth-order valence-electron chi connectivity index (χ4n) is 2.16. The summed E-state index contributed by atoms with van der Waals surface area (Å²) in [6.07, 6.45) is 5.38. The van der Waals surface area contributed by atoms with E-state index < -0.39 is 0 Å². The van der Waals surface area contributed by atoms with Gasteiger partial charge < -0.3 is 4.57 Å². The predicted molar refractivity (Wildman–Crippen MR) is 87.4 cm³/mol. The van der Waals surface area contributed by atoms with Crippen LogP contribution in [-0.2, 0) is 11.3 Å². The molecule has 0 atom stereocenters. The molecule has 0 fully saturated rings. The van der Waals surface area contributed by atoms with Crippen molar-refractivity contribution in [3.8, 4) is 0 Å². The first-order valence-corrected chi connectivity index (χ1v) is 7.79. The summed E-state index contributed by atoms with van der Waals surface area (Å²) >= 11 is 1.47. The molecule has 2 heterocycles. The van der Waals surface area contributed by atoms with Gasteiger partial charge in [0.05, 0.1) is 24.3 Å². The van der Waals surface area contributed by atoms with E-state index in [4.69, 9.17) is 0 Å². The zero-order valence-electron chi connectivity index (χ0n) is 12.4. The number of carbonyl (C=O) groups excluding carboxylic acids is 1. The summed E-state index contributed by atoms with van der Waals surface area (Å²) < 4.78 is 1.95. The van der Waals surface area contributed by atoms with Gasteiger partial charge in [-0.15, -0.1) is 11.3 Å². The SMILES string of the molecule is CC(=O)N(c1ccc(C)cc1)c1nc(Cn2ccnc2)cs1. The number of nitrogens with zero attached hydrogens (tertiary/aromatic N) is 4. The molecule has 0 saturated carbocycles. The van der Waals surface area contributed by atoms with Crippen molar-refractivity contribution in [2.75, 3.05) is 4.90 Å². The molecule has 0 aliphatic carbocycles. The van der Waals surface area contributed by atoms with Gasteiger partial charge in [0.1, 0.15) is 0 Å². The monoisotopic (exact) mass is 312 g/mol. The Morgan fingerprint density at radius 2 is 2.09 bits per heavy atom. The molecule has 2 aromatic heterocycles. The van der Waals surface area contributed by atoms with E-state index in [0.29, 0.717) is 11.7 Å². The van der Waals surface area contributed by atoms with E-state index in [1.165, 1.54) is 11.3 Å². The lowest BCUT2D eigenvalue weighted by Gasteiger charge is -2.18. The van der Waals surface area contributed by atoms with Gasteiger partial charge in [-0.25, -0.2) is 9.97 Å². The first kappa shape index (κ1) is 14.5. The molecule has 0 saturated heterocycles. The highest BCUT2D eigenvalue weighted by Crippen LogP contribution is 2.29. The van der Waals surface area contributed by atoms with Crippen molar-refractivity contribution < 1.29 is 4.79 Å². The van der Waals surface area contributed by atoms with Crippen LogP contribution >= 0.6 is 11.3 Å². The minimum Gasteiger partial charge on any atom is -0.331 e. The van der Waals surface area contributed by atoms with Crippen molar-refractivity contribution in [1.29, 1.82) is 0 Å². The Labute approximate surface area is 132 Å². The molecule has 0 spiro atoms. The van der Waals surface area contributed by atoms with Crippen LogP contribution in [0.5, 0.6) is 0 Å². The molecule has 0 N–H and O–H groups in total. The van der Waals surface area contributed by atoms with E-state index in [9.17, 15) is 4.79 Å². The number of amides is 1. The lowest BCUT2D eigenvalue weighted by molar-refractivity contribution is -0.115. The van der Waals surface area contributed by atoms with Gasteiger partial charge in [-0.05, 0) is 19.1 Å². The fraction of sp³-hybridized carbons (Fsp3) is 0.188. The first-order chi connectivity index (χ1) is 10.6. The van der Waals surface area contributed by atoms with Gasteiger partial charge in [-0.1, -0.05) is 17.7 Å². The summed E-state index contributed by atoms with van der Waals surface area (Å²) in [6, 6.07) is 7.86. The zero-order chi connectivity index (χ0) is 15.5. The smallest absolute Gasteiger partial charge is 0.230 e. The lowest BCUT2D eigenvalue weighted by atomic mass is 10.2. The van der Waals surface area contributed by atoms with Gasteiger partial charge in [-0.2, -0.15) is 0 Å². The topological polar surface area (TPSA) is 51.0 Å². The number of hydrogen-bond acceptors (Lipinski definition) is 4. The number of hydrogen-bond donors (Lipinski definition) is 0. The third-order valence-electron chi connectivity index (χ3n) is 3.24. The number of rotatable bonds is 4. The predicted octanol–water partition coefficient (Wildman–Crippen LogP) is 3.38. The van der Waals surface area contributed by atoms with Crippen LogP contribution in [0, 0.1) is 6.92 Å². The Kier molecular flexibility index (Phi) is 4.02. The minimum absolute atomic E-state index is 0.0487. The Balaban J connectivity index is 1.88. The van der Waals surface area contributed by atoms with Crippen LogP contribution in [0.4, 0.5) is 10.8 Å². The van der Waals surface area contributed by atoms with E-state index >= 15 is 0 Å². The van der Waals surface area contributed by atoms with Crippen LogP contribution in [0.1, 0.15) is 18.2 Å². The standard InChI is InChI=1S/C16H16N4OS/c1-12-3-5-15(6-4-12)20(13(2)21)16-18-14(10-22-16)9-19-8-7-17-11-19/h3-8,10-11H,9H2,1-2H3. The summed E-state index contributed by atoms with van der Waals surface area (Å²) in [7, 11) is 0. The summed E-state index contributed by atoms with van der Waals surface area (Å²) in [5.41, 5.74) is 2.91. The molecule has 112 valence electrons. The molecule has 0 bridgehead atoms. The molecule has 22 heavy (non-hydrogen) atoms. The highest BCUT2D eigenvalue weighted by atomic mass is 32.1.